The van der Waals surface area contributed by atoms with Gasteiger partial charge in [0, 0.05) is 11.0 Å². The molecule has 0 aliphatic heterocycles. The van der Waals surface area contributed by atoms with Crippen molar-refractivity contribution in [1.29, 1.82) is 0 Å². The summed E-state index contributed by atoms with van der Waals surface area (Å²) in [6.45, 7) is 3.79. The fourth-order valence-corrected chi connectivity index (χ4v) is 1.68. The molecule has 70 valence electrons. The normalized spacial score (nSPS) is 9.54. The topological polar surface area (TPSA) is 26.3 Å². The van der Waals surface area contributed by atoms with Crippen LogP contribution in [0.2, 0.25) is 0 Å². The standard InChI is InChI=1S/C10H12O2S/c1-2-10(11)12-7-3-5-9-6-4-8-13-9/h2,4,6,8H,1,3,5,7H2. The minimum atomic E-state index is -0.342. The molecule has 0 aliphatic rings. The molecule has 0 radical (unpaired) electrons. The van der Waals surface area contributed by atoms with E-state index in [-0.39, 0.29) is 5.97 Å². The van der Waals surface area contributed by atoms with Gasteiger partial charge in [0.1, 0.15) is 0 Å². The largest absolute Gasteiger partial charge is 0.463 e. The number of esters is 1. The fraction of sp³-hybridized carbons (Fsp3) is 0.300. The molecule has 0 unspecified atom stereocenters. The zero-order chi connectivity index (χ0) is 9.52. The molecule has 0 fully saturated rings. The van der Waals surface area contributed by atoms with Gasteiger partial charge in [-0.1, -0.05) is 12.6 Å². The SMILES string of the molecule is C=CC(=O)OCCCc1cccs1. The van der Waals surface area contributed by atoms with Crippen molar-refractivity contribution in [3.63, 3.8) is 0 Å². The van der Waals surface area contributed by atoms with Crippen LogP contribution in [-0.4, -0.2) is 12.6 Å². The average Bonchev–Trinajstić information content (AvgIpc) is 2.64. The van der Waals surface area contributed by atoms with Crippen LogP contribution in [0.1, 0.15) is 11.3 Å². The fourth-order valence-electron chi connectivity index (χ4n) is 0.933. The maximum atomic E-state index is 10.6. The quantitative estimate of drug-likeness (QED) is 0.410. The zero-order valence-corrected chi connectivity index (χ0v) is 8.18. The summed E-state index contributed by atoms with van der Waals surface area (Å²) >= 11 is 1.73. The first-order chi connectivity index (χ1) is 6.33. The van der Waals surface area contributed by atoms with E-state index in [1.54, 1.807) is 11.3 Å². The first kappa shape index (κ1) is 9.99. The van der Waals surface area contributed by atoms with E-state index in [4.69, 9.17) is 4.74 Å². The maximum Gasteiger partial charge on any atom is 0.330 e. The van der Waals surface area contributed by atoms with Gasteiger partial charge in [-0.05, 0) is 24.3 Å². The Morgan fingerprint density at radius 1 is 1.69 bits per heavy atom. The minimum absolute atomic E-state index is 0.342. The molecule has 0 atom stereocenters. The lowest BCUT2D eigenvalue weighted by Crippen LogP contribution is -2.02. The van der Waals surface area contributed by atoms with E-state index in [1.807, 2.05) is 11.4 Å². The number of hydrogen-bond donors (Lipinski definition) is 0. The van der Waals surface area contributed by atoms with Crippen molar-refractivity contribution < 1.29 is 9.53 Å². The van der Waals surface area contributed by atoms with Crippen LogP contribution < -0.4 is 0 Å². The van der Waals surface area contributed by atoms with Gasteiger partial charge in [-0.3, -0.25) is 0 Å². The van der Waals surface area contributed by atoms with Crippen LogP contribution in [0.3, 0.4) is 0 Å². The molecule has 1 rings (SSSR count). The van der Waals surface area contributed by atoms with E-state index in [9.17, 15) is 4.79 Å². The Bertz CT molecular complexity index is 264. The van der Waals surface area contributed by atoms with E-state index in [2.05, 4.69) is 12.6 Å². The van der Waals surface area contributed by atoms with Crippen molar-refractivity contribution in [3.8, 4) is 0 Å². The van der Waals surface area contributed by atoms with Crippen molar-refractivity contribution in [2.24, 2.45) is 0 Å². The number of rotatable bonds is 5. The molecular weight excluding hydrogens is 184 g/mol. The second-order valence-electron chi connectivity index (χ2n) is 2.55. The number of ether oxygens (including phenoxy) is 1. The predicted octanol–water partition coefficient (Wildman–Crippen LogP) is 2.41. The maximum absolute atomic E-state index is 10.6. The summed E-state index contributed by atoms with van der Waals surface area (Å²) in [5, 5.41) is 2.05. The smallest absolute Gasteiger partial charge is 0.330 e. The molecule has 0 saturated carbocycles. The highest BCUT2D eigenvalue weighted by Gasteiger charge is 1.96. The Hall–Kier alpha value is -1.09. The zero-order valence-electron chi connectivity index (χ0n) is 7.36. The second-order valence-corrected chi connectivity index (χ2v) is 3.59. The second kappa shape index (κ2) is 5.54. The van der Waals surface area contributed by atoms with Crippen LogP contribution >= 0.6 is 11.3 Å². The van der Waals surface area contributed by atoms with Crippen molar-refractivity contribution >= 4 is 17.3 Å². The summed E-state index contributed by atoms with van der Waals surface area (Å²) in [6, 6.07) is 4.11. The Kier molecular flexibility index (Phi) is 4.26. The Labute approximate surface area is 81.8 Å². The van der Waals surface area contributed by atoms with Gasteiger partial charge in [0.2, 0.25) is 0 Å². The van der Waals surface area contributed by atoms with Crippen LogP contribution in [-0.2, 0) is 16.0 Å². The van der Waals surface area contributed by atoms with E-state index in [0.29, 0.717) is 6.61 Å². The summed E-state index contributed by atoms with van der Waals surface area (Å²) in [5.41, 5.74) is 0. The average molecular weight is 196 g/mol. The van der Waals surface area contributed by atoms with Gasteiger partial charge in [-0.25, -0.2) is 4.79 Å². The van der Waals surface area contributed by atoms with Gasteiger partial charge in [0.25, 0.3) is 0 Å². The lowest BCUT2D eigenvalue weighted by molar-refractivity contribution is -0.137. The molecule has 0 N–H and O–H groups in total. The molecule has 0 bridgehead atoms. The molecule has 0 aliphatic carbocycles. The first-order valence-electron chi connectivity index (χ1n) is 4.14. The van der Waals surface area contributed by atoms with Crippen molar-refractivity contribution in [3.05, 3.63) is 35.0 Å². The van der Waals surface area contributed by atoms with Gasteiger partial charge < -0.3 is 4.74 Å². The monoisotopic (exact) mass is 196 g/mol. The van der Waals surface area contributed by atoms with Gasteiger partial charge in [-0.2, -0.15) is 0 Å². The van der Waals surface area contributed by atoms with E-state index >= 15 is 0 Å². The van der Waals surface area contributed by atoms with Crippen molar-refractivity contribution in [1.82, 2.24) is 0 Å². The summed E-state index contributed by atoms with van der Waals surface area (Å²) in [4.78, 5) is 12.0. The van der Waals surface area contributed by atoms with Gasteiger partial charge in [-0.15, -0.1) is 11.3 Å². The molecule has 0 spiro atoms. The Balaban J connectivity index is 2.08. The molecule has 1 heterocycles. The number of thiophene rings is 1. The summed E-state index contributed by atoms with van der Waals surface area (Å²) < 4.78 is 4.84. The summed E-state index contributed by atoms with van der Waals surface area (Å²) in [7, 11) is 0. The molecular formula is C10H12O2S. The van der Waals surface area contributed by atoms with Crippen LogP contribution in [0.25, 0.3) is 0 Å². The lowest BCUT2D eigenvalue weighted by Gasteiger charge is -1.99. The number of carbonyl (C=O) groups excluding carboxylic acids is 1. The van der Waals surface area contributed by atoms with Gasteiger partial charge in [0.05, 0.1) is 6.61 Å². The Morgan fingerprint density at radius 3 is 3.15 bits per heavy atom. The third-order valence-corrected chi connectivity index (χ3v) is 2.49. The van der Waals surface area contributed by atoms with Crippen LogP contribution in [0.5, 0.6) is 0 Å². The molecule has 13 heavy (non-hydrogen) atoms. The molecule has 0 amide bonds. The molecule has 1 aromatic heterocycles. The van der Waals surface area contributed by atoms with Crippen LogP contribution in [0, 0.1) is 0 Å². The number of aryl methyl sites for hydroxylation is 1. The predicted molar refractivity (Wildman–Crippen MR) is 53.8 cm³/mol. The van der Waals surface area contributed by atoms with Crippen molar-refractivity contribution in [2.75, 3.05) is 6.61 Å². The number of hydrogen-bond acceptors (Lipinski definition) is 3. The summed E-state index contributed by atoms with van der Waals surface area (Å²) in [6.07, 6.45) is 3.04. The highest BCUT2D eigenvalue weighted by molar-refractivity contribution is 7.09. The molecule has 0 aromatic carbocycles. The third-order valence-electron chi connectivity index (χ3n) is 1.56. The molecule has 1 aromatic rings. The minimum Gasteiger partial charge on any atom is -0.463 e. The van der Waals surface area contributed by atoms with Crippen molar-refractivity contribution in [2.45, 2.75) is 12.8 Å². The molecule has 0 saturated heterocycles. The first-order valence-corrected chi connectivity index (χ1v) is 5.02. The number of carbonyl (C=O) groups is 1. The third kappa shape index (κ3) is 3.90. The lowest BCUT2D eigenvalue weighted by atomic mass is 10.3. The van der Waals surface area contributed by atoms with Crippen LogP contribution in [0.15, 0.2) is 30.2 Å². The van der Waals surface area contributed by atoms with E-state index in [1.165, 1.54) is 11.0 Å². The van der Waals surface area contributed by atoms with E-state index in [0.717, 1.165) is 12.8 Å². The van der Waals surface area contributed by atoms with Gasteiger partial charge >= 0.3 is 5.97 Å². The van der Waals surface area contributed by atoms with E-state index < -0.39 is 0 Å². The highest BCUT2D eigenvalue weighted by atomic mass is 32.1. The summed E-state index contributed by atoms with van der Waals surface area (Å²) in [5.74, 6) is -0.342. The molecule has 2 nitrogen and oxygen atoms in total. The molecule has 3 heteroatoms. The van der Waals surface area contributed by atoms with Crippen LogP contribution in [0.4, 0.5) is 0 Å². The van der Waals surface area contributed by atoms with Gasteiger partial charge in [0.15, 0.2) is 0 Å². The Morgan fingerprint density at radius 2 is 2.54 bits per heavy atom. The highest BCUT2D eigenvalue weighted by Crippen LogP contribution is 2.10.